The summed E-state index contributed by atoms with van der Waals surface area (Å²) in [6, 6.07) is 0. The van der Waals surface area contributed by atoms with Crippen LogP contribution in [0.25, 0.3) is 0 Å². The van der Waals surface area contributed by atoms with Gasteiger partial charge in [0.05, 0.1) is 0 Å². The van der Waals surface area contributed by atoms with Gasteiger partial charge in [-0.1, -0.05) is 12.2 Å². The van der Waals surface area contributed by atoms with Crippen molar-refractivity contribution in [3.63, 3.8) is 0 Å². The van der Waals surface area contributed by atoms with E-state index in [1.54, 1.807) is 12.4 Å². The van der Waals surface area contributed by atoms with Gasteiger partial charge in [-0.05, 0) is 6.42 Å². The van der Waals surface area contributed by atoms with E-state index in [1.807, 2.05) is 0 Å². The van der Waals surface area contributed by atoms with Gasteiger partial charge in [0.15, 0.2) is 0 Å². The molecule has 0 saturated carbocycles. The van der Waals surface area contributed by atoms with Crippen molar-refractivity contribution in [1.82, 2.24) is 14.9 Å². The average molecular weight is 190 g/mol. The second kappa shape index (κ2) is 4.19. The van der Waals surface area contributed by atoms with Gasteiger partial charge in [-0.15, -0.1) is 0 Å². The fraction of sp³-hybridized carbons (Fsp3) is 0.400. The molecule has 0 aliphatic carbocycles. The van der Waals surface area contributed by atoms with E-state index in [4.69, 9.17) is 5.73 Å². The van der Waals surface area contributed by atoms with Gasteiger partial charge >= 0.3 is 0 Å². The molecular weight excluding hydrogens is 176 g/mol. The fourth-order valence-electron chi connectivity index (χ4n) is 1.54. The molecule has 0 spiro atoms. The van der Waals surface area contributed by atoms with Crippen molar-refractivity contribution in [3.8, 4) is 0 Å². The van der Waals surface area contributed by atoms with E-state index in [2.05, 4.69) is 27.0 Å². The third-order valence-electron chi connectivity index (χ3n) is 2.27. The Hall–Kier alpha value is -1.42. The zero-order chi connectivity index (χ0) is 9.80. The van der Waals surface area contributed by atoms with E-state index >= 15 is 0 Å². The maximum absolute atomic E-state index is 5.41. The van der Waals surface area contributed by atoms with Crippen LogP contribution in [0, 0.1) is 0 Å². The summed E-state index contributed by atoms with van der Waals surface area (Å²) in [5, 5.41) is 0. The van der Waals surface area contributed by atoms with Crippen LogP contribution in [0.15, 0.2) is 24.5 Å². The normalized spacial score (nSPS) is 17.1. The first-order valence-electron chi connectivity index (χ1n) is 4.78. The Morgan fingerprint density at radius 1 is 1.29 bits per heavy atom. The fourth-order valence-corrected chi connectivity index (χ4v) is 1.54. The molecule has 4 heteroatoms. The molecular formula is C10H14N4. The lowest BCUT2D eigenvalue weighted by Gasteiger charge is -2.22. The Morgan fingerprint density at radius 3 is 2.71 bits per heavy atom. The smallest absolute Gasteiger partial charge is 0.219 e. The maximum Gasteiger partial charge on any atom is 0.219 e. The van der Waals surface area contributed by atoms with Gasteiger partial charge in [-0.25, -0.2) is 9.97 Å². The van der Waals surface area contributed by atoms with Crippen molar-refractivity contribution >= 4 is 5.95 Å². The molecule has 0 fully saturated rings. The zero-order valence-electron chi connectivity index (χ0n) is 8.06. The lowest BCUT2D eigenvalue weighted by Crippen LogP contribution is -2.26. The molecule has 0 amide bonds. The summed E-state index contributed by atoms with van der Waals surface area (Å²) in [4.78, 5) is 10.3. The number of anilines is 1. The monoisotopic (exact) mass is 190 g/mol. The van der Waals surface area contributed by atoms with Crippen molar-refractivity contribution in [2.24, 2.45) is 0 Å². The Bertz CT molecular complexity index is 317. The highest BCUT2D eigenvalue weighted by atomic mass is 15.1. The number of nitrogens with zero attached hydrogens (tertiary/aromatic N) is 3. The summed E-state index contributed by atoms with van der Waals surface area (Å²) in [6.07, 6.45) is 9.13. The van der Waals surface area contributed by atoms with Crippen molar-refractivity contribution < 1.29 is 0 Å². The standard InChI is InChI=1S/C10H14N4/c11-10-12-6-9(7-13-10)8-14-4-2-1-3-5-14/h1-2,6-7H,3-5,8H2,(H2,11,12,13). The molecule has 1 aromatic rings. The third-order valence-corrected chi connectivity index (χ3v) is 2.27. The molecule has 1 aliphatic heterocycles. The number of aromatic nitrogens is 2. The number of hydrogen-bond donors (Lipinski definition) is 1. The minimum Gasteiger partial charge on any atom is -0.368 e. The third kappa shape index (κ3) is 2.29. The van der Waals surface area contributed by atoms with Crippen LogP contribution in [0.2, 0.25) is 0 Å². The summed E-state index contributed by atoms with van der Waals surface area (Å²) >= 11 is 0. The van der Waals surface area contributed by atoms with Crippen LogP contribution < -0.4 is 5.73 Å². The molecule has 0 aromatic carbocycles. The topological polar surface area (TPSA) is 55.0 Å². The van der Waals surface area contributed by atoms with Crippen LogP contribution in [0.3, 0.4) is 0 Å². The first kappa shape index (κ1) is 9.15. The number of rotatable bonds is 2. The van der Waals surface area contributed by atoms with Gasteiger partial charge in [0, 0.05) is 37.6 Å². The molecule has 0 radical (unpaired) electrons. The van der Waals surface area contributed by atoms with E-state index in [-0.39, 0.29) is 0 Å². The zero-order valence-corrected chi connectivity index (χ0v) is 8.06. The minimum atomic E-state index is 0.340. The Morgan fingerprint density at radius 2 is 2.07 bits per heavy atom. The average Bonchev–Trinajstić information content (AvgIpc) is 2.23. The summed E-state index contributed by atoms with van der Waals surface area (Å²) in [6.45, 7) is 3.04. The van der Waals surface area contributed by atoms with Crippen LogP contribution in [-0.2, 0) is 6.54 Å². The summed E-state index contributed by atoms with van der Waals surface area (Å²) in [5.41, 5.74) is 6.53. The molecule has 0 unspecified atom stereocenters. The lowest BCUT2D eigenvalue weighted by molar-refractivity contribution is 0.290. The van der Waals surface area contributed by atoms with Crippen LogP contribution in [0.5, 0.6) is 0 Å². The summed E-state index contributed by atoms with van der Waals surface area (Å²) < 4.78 is 0. The first-order chi connectivity index (χ1) is 6.84. The second-order valence-corrected chi connectivity index (χ2v) is 3.44. The molecule has 2 heterocycles. The van der Waals surface area contributed by atoms with E-state index in [9.17, 15) is 0 Å². The van der Waals surface area contributed by atoms with Crippen LogP contribution in [0.1, 0.15) is 12.0 Å². The molecule has 0 atom stereocenters. The quantitative estimate of drug-likeness (QED) is 0.701. The molecule has 0 saturated heterocycles. The number of nitrogen functional groups attached to an aromatic ring is 1. The molecule has 2 N–H and O–H groups in total. The Balaban J connectivity index is 1.96. The summed E-state index contributed by atoms with van der Waals surface area (Å²) in [5.74, 6) is 0.340. The van der Waals surface area contributed by atoms with E-state index in [1.165, 1.54) is 0 Å². The van der Waals surface area contributed by atoms with Crippen LogP contribution in [-0.4, -0.2) is 28.0 Å². The van der Waals surface area contributed by atoms with Gasteiger partial charge in [-0.3, -0.25) is 4.90 Å². The molecule has 1 aliphatic rings. The van der Waals surface area contributed by atoms with Gasteiger partial charge < -0.3 is 5.73 Å². The summed E-state index contributed by atoms with van der Waals surface area (Å²) in [7, 11) is 0. The van der Waals surface area contributed by atoms with Crippen molar-refractivity contribution in [3.05, 3.63) is 30.1 Å². The Kier molecular flexibility index (Phi) is 2.74. The lowest BCUT2D eigenvalue weighted by atomic mass is 10.2. The van der Waals surface area contributed by atoms with Gasteiger partial charge in [0.1, 0.15) is 0 Å². The van der Waals surface area contributed by atoms with E-state index in [0.717, 1.165) is 31.6 Å². The molecule has 74 valence electrons. The SMILES string of the molecule is Nc1ncc(CN2CC=CCC2)cn1. The molecule has 1 aromatic heterocycles. The molecule has 2 rings (SSSR count). The highest BCUT2D eigenvalue weighted by molar-refractivity contribution is 5.17. The van der Waals surface area contributed by atoms with E-state index < -0.39 is 0 Å². The molecule has 14 heavy (non-hydrogen) atoms. The maximum atomic E-state index is 5.41. The predicted molar refractivity (Wildman–Crippen MR) is 55.5 cm³/mol. The van der Waals surface area contributed by atoms with Gasteiger partial charge in [0.25, 0.3) is 0 Å². The Labute approximate surface area is 83.5 Å². The highest BCUT2D eigenvalue weighted by Crippen LogP contribution is 2.07. The number of hydrogen-bond acceptors (Lipinski definition) is 4. The minimum absolute atomic E-state index is 0.340. The second-order valence-electron chi connectivity index (χ2n) is 3.44. The van der Waals surface area contributed by atoms with Gasteiger partial charge in [0.2, 0.25) is 5.95 Å². The van der Waals surface area contributed by atoms with Crippen LogP contribution >= 0.6 is 0 Å². The molecule has 4 nitrogen and oxygen atoms in total. The van der Waals surface area contributed by atoms with Crippen LogP contribution in [0.4, 0.5) is 5.95 Å². The highest BCUT2D eigenvalue weighted by Gasteiger charge is 2.06. The largest absolute Gasteiger partial charge is 0.368 e. The first-order valence-corrected chi connectivity index (χ1v) is 4.78. The van der Waals surface area contributed by atoms with Gasteiger partial charge in [-0.2, -0.15) is 0 Å². The predicted octanol–water partition coefficient (Wildman–Crippen LogP) is 0.821. The van der Waals surface area contributed by atoms with Crippen molar-refractivity contribution in [2.75, 3.05) is 18.8 Å². The van der Waals surface area contributed by atoms with Crippen molar-refractivity contribution in [2.45, 2.75) is 13.0 Å². The van der Waals surface area contributed by atoms with E-state index in [0.29, 0.717) is 5.95 Å². The number of nitrogens with two attached hydrogens (primary N) is 1. The van der Waals surface area contributed by atoms with Crippen molar-refractivity contribution in [1.29, 1.82) is 0 Å². The molecule has 0 bridgehead atoms.